The second kappa shape index (κ2) is 79.8. The van der Waals surface area contributed by atoms with E-state index in [2.05, 4.69) is 20.8 Å². The number of hydrogen-bond donors (Lipinski definition) is 2. The Morgan fingerprint density at radius 2 is 0.677 bits per heavy atom. The molecule has 0 unspecified atom stereocenters. The number of aromatic carboxylic acids is 1. The first-order valence-electron chi connectivity index (χ1n) is 17.5. The van der Waals surface area contributed by atoms with Crippen LogP contribution in [0.15, 0.2) is 24.3 Å². The number of carbonyl (C=O) groups excluding carboxylic acids is 1. The van der Waals surface area contributed by atoms with E-state index in [0.29, 0.717) is 39.3 Å². The minimum Gasteiger partial charge on any atom is -0.870 e. The van der Waals surface area contributed by atoms with Gasteiger partial charge in [-0.2, -0.15) is 0 Å². The van der Waals surface area contributed by atoms with Crippen LogP contribution in [0.4, 0.5) is 0 Å². The monoisotopic (exact) mass is 1180 g/mol. The van der Waals surface area contributed by atoms with Gasteiger partial charge in [0.05, 0.1) is 21.2 Å². The van der Waals surface area contributed by atoms with Crippen LogP contribution < -0.4 is 35.7 Å². The van der Waals surface area contributed by atoms with E-state index >= 15 is 0 Å². The van der Waals surface area contributed by atoms with Crippen molar-refractivity contribution in [3.63, 3.8) is 0 Å². The van der Waals surface area contributed by atoms with Gasteiger partial charge in [0.15, 0.2) is 0 Å². The molecule has 0 bridgehead atoms. The number of hydrogen-bond acceptors (Lipinski definition) is 23. The summed E-state index contributed by atoms with van der Waals surface area (Å²) >= 11 is 0. The zero-order valence-corrected chi connectivity index (χ0v) is 40.4. The smallest absolute Gasteiger partial charge is 0.870 e. The number of aliphatic hydroxyl groups is 1. The van der Waals surface area contributed by atoms with Gasteiger partial charge in [0.2, 0.25) is 0 Å². The number of aromatic hydroxyl groups is 1. The molecule has 0 aliphatic rings. The summed E-state index contributed by atoms with van der Waals surface area (Å²) in [4.78, 5) is 40.7. The number of carboxylic acids is 1. The second-order valence-electron chi connectivity index (χ2n) is 10.3. The predicted octanol–water partition coefficient (Wildman–Crippen LogP) is -5.11. The molecule has 0 aliphatic heterocycles. The van der Waals surface area contributed by atoms with Crippen LogP contribution >= 0.6 is 0 Å². The molecule has 62 heavy (non-hydrogen) atoms. The molecule has 0 saturated heterocycles. The minimum atomic E-state index is -1.75. The average Bonchev–Trinajstić information content (AvgIpc) is 3.13. The first kappa shape index (κ1) is 91.1. The maximum atomic E-state index is 10.2. The molecule has 0 amide bonds. The topological polar surface area (TPSA) is 457 Å². The van der Waals surface area contributed by atoms with Gasteiger partial charge >= 0.3 is 90.3 Å². The Kier molecular flexibility index (Phi) is 117. The summed E-state index contributed by atoms with van der Waals surface area (Å²) in [5.41, 5.74) is 0.0674. The molecule has 26 nitrogen and oxygen atoms in total. The fourth-order valence-electron chi connectivity index (χ4n) is 3.52. The normalized spacial score (nSPS) is 8.55. The zero-order valence-electron chi connectivity index (χ0n) is 35.0. The fraction of sp³-hybridized carbons (Fsp3) is 0.781. The van der Waals surface area contributed by atoms with Crippen LogP contribution in [0.3, 0.4) is 0 Å². The van der Waals surface area contributed by atoms with Crippen molar-refractivity contribution in [1.82, 2.24) is 14.7 Å². The van der Waals surface area contributed by atoms with Crippen molar-refractivity contribution in [2.75, 3.05) is 106 Å². The molecule has 3 N–H and O–H groups in total. The number of aliphatic hydroxyl groups excluding tert-OH is 1. The number of unbranched alkanes of at least 4 members (excludes halogenated alkanes) is 3. The van der Waals surface area contributed by atoms with E-state index in [4.69, 9.17) is 56.2 Å². The van der Waals surface area contributed by atoms with Gasteiger partial charge in [-0.25, -0.2) is 0 Å². The number of nitrogens with zero attached hydrogens (tertiary/aromatic N) is 6. The number of carbonyl (C=O) groups is 1. The molecule has 0 spiro atoms. The van der Waals surface area contributed by atoms with Crippen LogP contribution in [0.1, 0.15) is 69.7 Å². The van der Waals surface area contributed by atoms with Crippen molar-refractivity contribution in [2.24, 2.45) is 0 Å². The third kappa shape index (κ3) is 107. The van der Waals surface area contributed by atoms with Gasteiger partial charge in [-0.15, -0.1) is 39.6 Å². The summed E-state index contributed by atoms with van der Waals surface area (Å²) in [6, 6.07) is 5.16. The predicted molar refractivity (Wildman–Crippen MR) is 197 cm³/mol. The van der Waals surface area contributed by atoms with Crippen molar-refractivity contribution in [1.29, 1.82) is 0 Å². The Morgan fingerprint density at radius 3 is 0.806 bits per heavy atom. The van der Waals surface area contributed by atoms with Crippen LogP contribution in [-0.2, 0) is 50.3 Å². The van der Waals surface area contributed by atoms with Gasteiger partial charge in [0.1, 0.15) is 5.75 Å². The summed E-state index contributed by atoms with van der Waals surface area (Å²) in [5.74, 6) is -1.19. The minimum absolute atomic E-state index is 0. The molecule has 1 aromatic rings. The Hall–Kier alpha value is -1.51. The van der Waals surface area contributed by atoms with Crippen molar-refractivity contribution >= 4 is 5.97 Å². The van der Waals surface area contributed by atoms with Crippen molar-refractivity contribution in [2.45, 2.75) is 59.3 Å². The molecular weight excluding hydrogens is 1120 g/mol. The van der Waals surface area contributed by atoms with E-state index in [0.717, 1.165) is 65.3 Å². The van der Waals surface area contributed by atoms with Crippen molar-refractivity contribution in [3.8, 4) is 5.75 Å². The van der Waals surface area contributed by atoms with Crippen LogP contribution in [-0.4, -0.2) is 157 Å². The van der Waals surface area contributed by atoms with Crippen LogP contribution in [0, 0.1) is 85.9 Å². The maximum absolute atomic E-state index is 10.2. The van der Waals surface area contributed by atoms with Gasteiger partial charge < -0.3 is 117 Å². The van der Waals surface area contributed by atoms with Crippen molar-refractivity contribution < 1.29 is 162 Å². The molecule has 0 saturated carbocycles. The summed E-state index contributed by atoms with van der Waals surface area (Å²) in [6.07, 6.45) is 6.61. The maximum Gasteiger partial charge on any atom is 3.00 e. The molecule has 0 aromatic heterocycles. The van der Waals surface area contributed by atoms with E-state index in [9.17, 15) is 40.5 Å². The Morgan fingerprint density at radius 1 is 0.500 bits per heavy atom. The molecule has 0 aliphatic carbocycles. The first-order chi connectivity index (χ1) is 26.9. The van der Waals surface area contributed by atoms with Crippen LogP contribution in [0.5, 0.6) is 5.75 Å². The first-order valence-corrected chi connectivity index (χ1v) is 17.5. The van der Waals surface area contributed by atoms with E-state index in [1.807, 2.05) is 14.7 Å². The Labute approximate surface area is 425 Å². The van der Waals surface area contributed by atoms with Crippen LogP contribution in [0.2, 0.25) is 0 Å². The van der Waals surface area contributed by atoms with Gasteiger partial charge in [0, 0.05) is 7.11 Å². The molecule has 0 radical (unpaired) electrons. The zero-order chi connectivity index (χ0) is 45.9. The van der Waals surface area contributed by atoms with Crippen LogP contribution in [0.25, 0.3) is 0 Å². The quantitative estimate of drug-likeness (QED) is 0.0810. The van der Waals surface area contributed by atoms with E-state index < -0.39 is 21.2 Å². The number of phenols is 1. The number of phenolic OH excluding ortho intramolecular Hbond substituents is 1. The fourth-order valence-corrected chi connectivity index (χ4v) is 3.52. The molecular formula is C32H61Co3GdN6O20. The van der Waals surface area contributed by atoms with Gasteiger partial charge in [-0.1, -0.05) is 40.0 Å². The average molecular weight is 1180 g/mol. The Bertz CT molecular complexity index is 893. The van der Waals surface area contributed by atoms with E-state index in [1.165, 1.54) is 24.3 Å². The van der Waals surface area contributed by atoms with Gasteiger partial charge in [0.25, 0.3) is 0 Å². The third-order valence-corrected chi connectivity index (χ3v) is 6.03. The largest absolute Gasteiger partial charge is 3.00 e. The Balaban J connectivity index is -0.0000000476. The molecule has 374 valence electrons. The molecule has 0 heterocycles. The van der Waals surface area contributed by atoms with E-state index in [-0.39, 0.29) is 147 Å². The summed E-state index contributed by atoms with van der Waals surface area (Å²) in [7, 11) is 1.00. The second-order valence-corrected chi connectivity index (χ2v) is 10.3. The standard InChI is InChI=1S/3C8H17NO2.C7H6O3.CH4O.3Co.Gd.3NO3.H2O/c3*1-2-3-4-9(5-7-10)6-8-11;8-6-3-1-5(2-4-6)7(9)10;1-2;;;;;3*2-1(3)4;/h3*2-8H2,1H3;1-4,8H,(H,9,10);2H,1H3;;;;;;;;1H2/q3*-2;;;3*+3;+2;3*-1;/p-2. The number of rotatable bonds is 22. The SMILES string of the molecule is CCCCN(CC[O-])CC[O-].CCCCN(CC[O-])CC[O-].CCCCN(CC[O-])CC[O-].CO.O=C([O-])c1ccc(O)cc1.O=[N+]([O-])[O-].O=[N+]([O-])[O-].O=[N+]([O-])[O-].[Co+3].[Co+3].[Co+3].[Gd+2].[OH-]. The summed E-state index contributed by atoms with van der Waals surface area (Å²) < 4.78 is 0. The molecule has 30 heteroatoms. The number of benzene rings is 1. The summed E-state index contributed by atoms with van der Waals surface area (Å²) in [5, 5.41) is 132. The molecule has 0 atom stereocenters. The van der Waals surface area contributed by atoms with Crippen molar-refractivity contribution in [3.05, 3.63) is 75.8 Å². The molecule has 0 fully saturated rings. The molecule has 1 aromatic carbocycles. The van der Waals surface area contributed by atoms with Gasteiger partial charge in [-0.3, -0.25) is 0 Å². The third-order valence-electron chi connectivity index (χ3n) is 6.03. The van der Waals surface area contributed by atoms with Gasteiger partial charge in [-0.05, 0) is 108 Å². The number of carboxylic acid groups (broad SMARTS) is 1. The molecule has 1 rings (SSSR count). The van der Waals surface area contributed by atoms with E-state index in [1.54, 1.807) is 0 Å². The summed E-state index contributed by atoms with van der Waals surface area (Å²) in [6.45, 7) is 11.6.